The highest BCUT2D eigenvalue weighted by Gasteiger charge is 2.27. The highest BCUT2D eigenvalue weighted by molar-refractivity contribution is 7.89. The SMILES string of the molecule is Cc1ccc([C@H](C)NC(=O)c2cccc(S(=O)(=O)N3CCOCC3)c2)cc1C. The maximum atomic E-state index is 12.8. The van der Waals surface area contributed by atoms with E-state index in [1.54, 1.807) is 12.1 Å². The van der Waals surface area contributed by atoms with Crippen molar-refractivity contribution in [2.45, 2.75) is 31.7 Å². The summed E-state index contributed by atoms with van der Waals surface area (Å²) in [7, 11) is -3.64. The molecule has 0 bridgehead atoms. The molecule has 1 saturated heterocycles. The first kappa shape index (κ1) is 20.5. The van der Waals surface area contributed by atoms with Gasteiger partial charge in [0.05, 0.1) is 24.2 Å². The molecule has 0 aliphatic carbocycles. The number of nitrogens with one attached hydrogen (secondary N) is 1. The van der Waals surface area contributed by atoms with Gasteiger partial charge < -0.3 is 10.1 Å². The summed E-state index contributed by atoms with van der Waals surface area (Å²) in [6.45, 7) is 7.40. The van der Waals surface area contributed by atoms with Crippen molar-refractivity contribution in [3.8, 4) is 0 Å². The van der Waals surface area contributed by atoms with Crippen LogP contribution in [0, 0.1) is 13.8 Å². The fraction of sp³-hybridized carbons (Fsp3) is 0.381. The van der Waals surface area contributed by atoms with Gasteiger partial charge in [0.1, 0.15) is 0 Å². The van der Waals surface area contributed by atoms with Crippen LogP contribution in [0.3, 0.4) is 0 Å². The van der Waals surface area contributed by atoms with Crippen molar-refractivity contribution < 1.29 is 17.9 Å². The summed E-state index contributed by atoms with van der Waals surface area (Å²) in [5.41, 5.74) is 3.69. The van der Waals surface area contributed by atoms with Gasteiger partial charge in [0, 0.05) is 18.7 Å². The first-order valence-corrected chi connectivity index (χ1v) is 10.8. The lowest BCUT2D eigenvalue weighted by Crippen LogP contribution is -2.40. The van der Waals surface area contributed by atoms with Crippen LogP contribution in [-0.2, 0) is 14.8 Å². The van der Waals surface area contributed by atoms with Gasteiger partial charge in [0.2, 0.25) is 10.0 Å². The second kappa shape index (κ2) is 8.43. The molecular weight excluding hydrogens is 376 g/mol. The maximum absolute atomic E-state index is 12.8. The molecule has 1 amide bonds. The molecular formula is C21H26N2O4S. The monoisotopic (exact) mass is 402 g/mol. The zero-order chi connectivity index (χ0) is 20.3. The normalized spacial score (nSPS) is 16.5. The number of benzene rings is 2. The number of rotatable bonds is 5. The van der Waals surface area contributed by atoms with E-state index in [1.807, 2.05) is 32.9 Å². The summed E-state index contributed by atoms with van der Waals surface area (Å²) < 4.78 is 32.2. The molecule has 7 heteroatoms. The number of morpholine rings is 1. The van der Waals surface area contributed by atoms with Crippen molar-refractivity contribution in [3.05, 3.63) is 64.7 Å². The third-order valence-electron chi connectivity index (χ3n) is 5.08. The van der Waals surface area contributed by atoms with Crippen LogP contribution in [0.5, 0.6) is 0 Å². The Morgan fingerprint density at radius 2 is 1.79 bits per heavy atom. The van der Waals surface area contributed by atoms with Crippen LogP contribution in [0.4, 0.5) is 0 Å². The van der Waals surface area contributed by atoms with E-state index in [0.29, 0.717) is 31.9 Å². The molecule has 1 aliphatic heterocycles. The van der Waals surface area contributed by atoms with E-state index in [9.17, 15) is 13.2 Å². The lowest BCUT2D eigenvalue weighted by molar-refractivity contribution is 0.0730. The molecule has 0 saturated carbocycles. The smallest absolute Gasteiger partial charge is 0.251 e. The molecule has 2 aromatic rings. The van der Waals surface area contributed by atoms with Crippen molar-refractivity contribution in [1.82, 2.24) is 9.62 Å². The van der Waals surface area contributed by atoms with Crippen LogP contribution < -0.4 is 5.32 Å². The van der Waals surface area contributed by atoms with E-state index in [0.717, 1.165) is 11.1 Å². The van der Waals surface area contributed by atoms with Crippen molar-refractivity contribution in [3.63, 3.8) is 0 Å². The van der Waals surface area contributed by atoms with Gasteiger partial charge >= 0.3 is 0 Å². The molecule has 1 fully saturated rings. The quantitative estimate of drug-likeness (QED) is 0.834. The van der Waals surface area contributed by atoms with Crippen molar-refractivity contribution >= 4 is 15.9 Å². The number of carbonyl (C=O) groups excluding carboxylic acids is 1. The van der Waals surface area contributed by atoms with Gasteiger partial charge in [-0.25, -0.2) is 8.42 Å². The van der Waals surface area contributed by atoms with Gasteiger partial charge in [-0.3, -0.25) is 4.79 Å². The molecule has 28 heavy (non-hydrogen) atoms. The number of sulfonamides is 1. The number of amides is 1. The number of aryl methyl sites for hydroxylation is 2. The molecule has 1 N–H and O–H groups in total. The number of ether oxygens (including phenoxy) is 1. The Morgan fingerprint density at radius 1 is 1.07 bits per heavy atom. The molecule has 1 heterocycles. The number of carbonyl (C=O) groups is 1. The van der Waals surface area contributed by atoms with E-state index < -0.39 is 10.0 Å². The Bertz CT molecular complexity index is 966. The van der Waals surface area contributed by atoms with Gasteiger partial charge in [0.25, 0.3) is 5.91 Å². The lowest BCUT2D eigenvalue weighted by atomic mass is 10.0. The van der Waals surface area contributed by atoms with Gasteiger partial charge in [-0.15, -0.1) is 0 Å². The number of nitrogens with zero attached hydrogens (tertiary/aromatic N) is 1. The summed E-state index contributed by atoms with van der Waals surface area (Å²) in [5.74, 6) is -0.301. The van der Waals surface area contributed by atoms with Crippen LogP contribution in [0.2, 0.25) is 0 Å². The van der Waals surface area contributed by atoms with Gasteiger partial charge in [-0.2, -0.15) is 4.31 Å². The highest BCUT2D eigenvalue weighted by atomic mass is 32.2. The Morgan fingerprint density at radius 3 is 2.46 bits per heavy atom. The molecule has 1 atom stereocenters. The molecule has 0 radical (unpaired) electrons. The summed E-state index contributed by atoms with van der Waals surface area (Å²) in [5, 5.41) is 2.95. The summed E-state index contributed by atoms with van der Waals surface area (Å²) in [6.07, 6.45) is 0. The molecule has 150 valence electrons. The van der Waals surface area contributed by atoms with E-state index in [-0.39, 0.29) is 16.8 Å². The van der Waals surface area contributed by atoms with Crippen LogP contribution in [-0.4, -0.2) is 44.9 Å². The molecule has 6 nitrogen and oxygen atoms in total. The molecule has 2 aromatic carbocycles. The second-order valence-electron chi connectivity index (χ2n) is 7.08. The second-order valence-corrected chi connectivity index (χ2v) is 9.02. The summed E-state index contributed by atoms with van der Waals surface area (Å²) in [4.78, 5) is 12.8. The average Bonchev–Trinajstić information content (AvgIpc) is 2.70. The van der Waals surface area contributed by atoms with E-state index >= 15 is 0 Å². The Balaban J connectivity index is 1.77. The average molecular weight is 403 g/mol. The van der Waals surface area contributed by atoms with Crippen molar-refractivity contribution in [2.24, 2.45) is 0 Å². The number of hydrogen-bond donors (Lipinski definition) is 1. The zero-order valence-corrected chi connectivity index (χ0v) is 17.3. The van der Waals surface area contributed by atoms with E-state index in [1.165, 1.54) is 22.0 Å². The molecule has 3 rings (SSSR count). The van der Waals surface area contributed by atoms with Gasteiger partial charge in [-0.05, 0) is 55.7 Å². The summed E-state index contributed by atoms with van der Waals surface area (Å²) >= 11 is 0. The first-order valence-electron chi connectivity index (χ1n) is 9.35. The predicted molar refractivity (Wildman–Crippen MR) is 108 cm³/mol. The Hall–Kier alpha value is -2.22. The first-order chi connectivity index (χ1) is 13.3. The predicted octanol–water partition coefficient (Wildman–Crippen LogP) is 2.82. The fourth-order valence-electron chi connectivity index (χ4n) is 3.13. The van der Waals surface area contributed by atoms with Gasteiger partial charge in [0.15, 0.2) is 0 Å². The van der Waals surface area contributed by atoms with Crippen LogP contribution >= 0.6 is 0 Å². The molecule has 1 aliphatic rings. The van der Waals surface area contributed by atoms with E-state index in [2.05, 4.69) is 11.4 Å². The van der Waals surface area contributed by atoms with E-state index in [4.69, 9.17) is 4.74 Å². The Labute approximate surface area is 166 Å². The van der Waals surface area contributed by atoms with Crippen LogP contribution in [0.15, 0.2) is 47.4 Å². The zero-order valence-electron chi connectivity index (χ0n) is 16.4. The molecule has 0 spiro atoms. The Kier molecular flexibility index (Phi) is 6.17. The lowest BCUT2D eigenvalue weighted by Gasteiger charge is -2.26. The van der Waals surface area contributed by atoms with Crippen LogP contribution in [0.1, 0.15) is 40.0 Å². The highest BCUT2D eigenvalue weighted by Crippen LogP contribution is 2.20. The minimum absolute atomic E-state index is 0.126. The maximum Gasteiger partial charge on any atom is 0.251 e. The third kappa shape index (κ3) is 4.43. The minimum Gasteiger partial charge on any atom is -0.379 e. The van der Waals surface area contributed by atoms with Crippen LogP contribution in [0.25, 0.3) is 0 Å². The molecule has 0 aromatic heterocycles. The fourth-order valence-corrected chi connectivity index (χ4v) is 4.59. The topological polar surface area (TPSA) is 75.7 Å². The largest absolute Gasteiger partial charge is 0.379 e. The standard InChI is InChI=1S/C21H26N2O4S/c1-15-7-8-18(13-16(15)2)17(3)22-21(24)19-5-4-6-20(14-19)28(25,26)23-9-11-27-12-10-23/h4-8,13-14,17H,9-12H2,1-3H3,(H,22,24)/t17-/m0/s1. The minimum atomic E-state index is -3.64. The summed E-state index contributed by atoms with van der Waals surface area (Å²) in [6, 6.07) is 12.1. The van der Waals surface area contributed by atoms with Crippen molar-refractivity contribution in [2.75, 3.05) is 26.3 Å². The third-order valence-corrected chi connectivity index (χ3v) is 6.98. The van der Waals surface area contributed by atoms with Gasteiger partial charge in [-0.1, -0.05) is 24.3 Å². The molecule has 0 unspecified atom stereocenters. The number of hydrogen-bond acceptors (Lipinski definition) is 4. The van der Waals surface area contributed by atoms with Crippen molar-refractivity contribution in [1.29, 1.82) is 0 Å².